The Hall–Kier alpha value is -9.67. The van der Waals surface area contributed by atoms with E-state index in [1.807, 2.05) is 6.07 Å². The first-order chi connectivity index (χ1) is 44.1. The molecule has 0 amide bonds. The summed E-state index contributed by atoms with van der Waals surface area (Å²) in [5.41, 5.74) is 25.6. The van der Waals surface area contributed by atoms with Crippen LogP contribution in [0.1, 0.15) is 105 Å². The van der Waals surface area contributed by atoms with Crippen molar-refractivity contribution in [2.75, 3.05) is 9.80 Å². The molecule has 14 rings (SSSR count). The van der Waals surface area contributed by atoms with Crippen LogP contribution in [0.25, 0.3) is 93.7 Å². The van der Waals surface area contributed by atoms with Crippen LogP contribution >= 0.6 is 11.6 Å². The maximum atomic E-state index is 7.39. The van der Waals surface area contributed by atoms with Gasteiger partial charge in [-0.2, -0.15) is 0 Å². The molecule has 0 radical (unpaired) electrons. The third-order valence-corrected chi connectivity index (χ3v) is 19.0. The van der Waals surface area contributed by atoms with Crippen molar-refractivity contribution in [3.8, 4) is 55.6 Å². The number of nitrogens with zero attached hydrogens (tertiary/aromatic N) is 3. The molecule has 0 aliphatic heterocycles. The minimum Gasteiger partial charge on any atom is -0.308 e. The van der Waals surface area contributed by atoms with Gasteiger partial charge in [0.2, 0.25) is 0 Å². The summed E-state index contributed by atoms with van der Waals surface area (Å²) in [7, 11) is 0. The Kier molecular flexibility index (Phi) is 14.9. The summed E-state index contributed by atoms with van der Waals surface area (Å²) < 4.78 is 2.55. The van der Waals surface area contributed by atoms with E-state index in [1.165, 1.54) is 38.8 Å². The van der Waals surface area contributed by atoms with E-state index in [-0.39, 0.29) is 21.7 Å². The van der Waals surface area contributed by atoms with Crippen molar-refractivity contribution in [1.82, 2.24) is 4.40 Å². The van der Waals surface area contributed by atoms with Gasteiger partial charge in [0.25, 0.3) is 0 Å². The topological polar surface area (TPSA) is 10.9 Å². The number of rotatable bonds is 11. The van der Waals surface area contributed by atoms with Gasteiger partial charge in [-0.1, -0.05) is 289 Å². The number of anilines is 6. The van der Waals surface area contributed by atoms with Crippen molar-refractivity contribution in [2.24, 2.45) is 0 Å². The molecule has 0 unspecified atom stereocenters. The molecule has 454 valence electrons. The molecular weight excluding hydrogens is 1130 g/mol. The largest absolute Gasteiger partial charge is 0.308 e. The molecule has 2 aromatic heterocycles. The van der Waals surface area contributed by atoms with Gasteiger partial charge in [-0.05, 0) is 150 Å². The predicted molar refractivity (Wildman–Crippen MR) is 397 cm³/mol. The zero-order valence-electron chi connectivity index (χ0n) is 55.1. The van der Waals surface area contributed by atoms with Crippen LogP contribution in [-0.2, 0) is 21.7 Å². The fraction of sp³-hybridized carbons (Fsp3) is 0.182. The zero-order chi connectivity index (χ0) is 64.0. The molecule has 2 heterocycles. The highest BCUT2D eigenvalue weighted by Crippen LogP contribution is 2.58. The molecule has 0 saturated heterocycles. The van der Waals surface area contributed by atoms with E-state index in [2.05, 4.69) is 358 Å². The molecule has 0 aliphatic rings. The van der Waals surface area contributed by atoms with Crippen molar-refractivity contribution in [3.63, 3.8) is 0 Å². The Labute approximate surface area is 549 Å². The number of para-hydroxylation sites is 2. The summed E-state index contributed by atoms with van der Waals surface area (Å²) in [6.45, 7) is 27.9. The van der Waals surface area contributed by atoms with E-state index in [9.17, 15) is 0 Å². The predicted octanol–water partition coefficient (Wildman–Crippen LogP) is 26.0. The van der Waals surface area contributed by atoms with Crippen LogP contribution in [0.2, 0.25) is 5.02 Å². The first-order valence-electron chi connectivity index (χ1n) is 32.5. The average Bonchev–Trinajstić information content (AvgIpc) is 1.52. The van der Waals surface area contributed by atoms with E-state index in [4.69, 9.17) is 11.6 Å². The van der Waals surface area contributed by atoms with Crippen molar-refractivity contribution in [2.45, 2.75) is 105 Å². The molecule has 0 bridgehead atoms. The normalized spacial score (nSPS) is 12.4. The van der Waals surface area contributed by atoms with E-state index < -0.39 is 0 Å². The average molecular weight is 1220 g/mol. The minimum absolute atomic E-state index is 0.0528. The summed E-state index contributed by atoms with van der Waals surface area (Å²) in [6.07, 6.45) is 0. The number of benzene rings is 12. The van der Waals surface area contributed by atoms with Crippen molar-refractivity contribution in [3.05, 3.63) is 294 Å². The summed E-state index contributed by atoms with van der Waals surface area (Å²) in [6, 6.07) is 99.8. The van der Waals surface area contributed by atoms with Gasteiger partial charge in [0.1, 0.15) is 0 Å². The third-order valence-electron chi connectivity index (χ3n) is 18.7. The maximum absolute atomic E-state index is 7.39. The Bertz CT molecular complexity index is 4900. The molecular formula is C88H80ClN3. The summed E-state index contributed by atoms with van der Waals surface area (Å²) in [5.74, 6) is 0. The lowest BCUT2D eigenvalue weighted by Crippen LogP contribution is -2.18. The molecule has 0 fully saturated rings. The van der Waals surface area contributed by atoms with Crippen molar-refractivity contribution >= 4 is 83.8 Å². The van der Waals surface area contributed by atoms with E-state index in [0.29, 0.717) is 5.02 Å². The lowest BCUT2D eigenvalue weighted by Gasteiger charge is -2.36. The van der Waals surface area contributed by atoms with Crippen molar-refractivity contribution in [1.29, 1.82) is 0 Å². The Balaban J connectivity index is 1.20. The van der Waals surface area contributed by atoms with Gasteiger partial charge in [-0.25, -0.2) is 0 Å². The quantitative estimate of drug-likeness (QED) is 0.128. The van der Waals surface area contributed by atoms with Gasteiger partial charge in [0.05, 0.1) is 39.3 Å². The minimum atomic E-state index is -0.196. The van der Waals surface area contributed by atoms with Gasteiger partial charge in [0, 0.05) is 60.2 Å². The highest BCUT2D eigenvalue weighted by Gasteiger charge is 2.35. The van der Waals surface area contributed by atoms with Crippen LogP contribution in [0.3, 0.4) is 0 Å². The second kappa shape index (κ2) is 22.9. The molecule has 0 aliphatic carbocycles. The first-order valence-corrected chi connectivity index (χ1v) is 32.9. The smallest absolute Gasteiger partial charge is 0.0662 e. The first kappa shape index (κ1) is 59.9. The molecule has 0 atom stereocenters. The van der Waals surface area contributed by atoms with Gasteiger partial charge >= 0.3 is 0 Å². The number of aromatic nitrogens is 1. The molecule has 4 heteroatoms. The maximum Gasteiger partial charge on any atom is 0.0662 e. The molecule has 0 N–H and O–H groups in total. The monoisotopic (exact) mass is 1210 g/mol. The Morgan fingerprint density at radius 3 is 1.00 bits per heavy atom. The van der Waals surface area contributed by atoms with Crippen LogP contribution in [0, 0.1) is 0 Å². The third kappa shape index (κ3) is 10.8. The van der Waals surface area contributed by atoms with Gasteiger partial charge < -0.3 is 14.2 Å². The lowest BCUT2D eigenvalue weighted by molar-refractivity contribution is 0.569. The zero-order valence-corrected chi connectivity index (χ0v) is 55.9. The number of halogens is 1. The summed E-state index contributed by atoms with van der Waals surface area (Å²) in [4.78, 5) is 5.19. The van der Waals surface area contributed by atoms with Crippen molar-refractivity contribution < 1.29 is 0 Å². The Morgan fingerprint density at radius 1 is 0.283 bits per heavy atom. The summed E-state index contributed by atoms with van der Waals surface area (Å²) in [5, 5.41) is 5.28. The second-order valence-electron chi connectivity index (χ2n) is 29.2. The van der Waals surface area contributed by atoms with E-state index >= 15 is 0 Å². The molecule has 3 nitrogen and oxygen atoms in total. The highest BCUT2D eigenvalue weighted by atomic mass is 35.5. The molecule has 92 heavy (non-hydrogen) atoms. The second-order valence-corrected chi connectivity index (χ2v) is 29.6. The highest BCUT2D eigenvalue weighted by molar-refractivity contribution is 6.33. The van der Waals surface area contributed by atoms with Crippen LogP contribution < -0.4 is 9.80 Å². The number of hydrogen-bond donors (Lipinski definition) is 0. The summed E-state index contributed by atoms with van der Waals surface area (Å²) >= 11 is 7.39. The van der Waals surface area contributed by atoms with Crippen LogP contribution in [-0.4, -0.2) is 4.40 Å². The molecule has 0 spiro atoms. The molecule has 12 aromatic carbocycles. The Morgan fingerprint density at radius 2 is 0.630 bits per heavy atom. The fourth-order valence-corrected chi connectivity index (χ4v) is 13.9. The van der Waals surface area contributed by atoms with E-state index in [1.54, 1.807) is 0 Å². The number of hydrogen-bond acceptors (Lipinski definition) is 2. The SMILES string of the molecule is CC(C)(C)c1cc(-c2ccc(N(c3c(-c4ccccc4)cc(C(C)(C)C)cc3-c3ccccc3)c3cc(N(c4cccc(Cl)c4)c4c(-c5ccccc5)cc(C(C)(C)C)cc4-c4ccccc4)c4c5ccccc5n5c6ccccc6c3c45)cc2)cc(C(C)(C)C)c1. The van der Waals surface area contributed by atoms with Gasteiger partial charge in [-0.3, -0.25) is 0 Å². The van der Waals surface area contributed by atoms with Gasteiger partial charge in [0.15, 0.2) is 0 Å². The van der Waals surface area contributed by atoms with Crippen LogP contribution in [0.5, 0.6) is 0 Å². The number of fused-ring (bicyclic) bond motifs is 6. The van der Waals surface area contributed by atoms with Gasteiger partial charge in [-0.15, -0.1) is 0 Å². The molecule has 14 aromatic rings. The van der Waals surface area contributed by atoms with E-state index in [0.717, 1.165) is 111 Å². The van der Waals surface area contributed by atoms with Crippen LogP contribution in [0.4, 0.5) is 34.1 Å². The molecule has 0 saturated carbocycles. The lowest BCUT2D eigenvalue weighted by atomic mass is 9.79. The standard InChI is InChI=1S/C88H80ClN3/c1-85(2,3)63-48-62(49-64(50-63)86(4,5)6)57-44-46-68(47-45-57)90(82-72(58-30-17-13-18-31-58)51-65(87(7,8)9)52-73(82)59-32-19-14-20-33-59)78-56-79(81-71-41-26-28-43-77(71)92-76-42-27-25-40-70(76)80(78)84(81)92)91(69-39-29-38-67(89)55-69)83-74(60-34-21-15-22-35-60)53-66(88(10,11)12)54-75(83)61-36-23-16-24-37-61/h13-56H,1-12H3. The fourth-order valence-electron chi connectivity index (χ4n) is 13.7. The van der Waals surface area contributed by atoms with Crippen LogP contribution in [0.15, 0.2) is 267 Å².